The third kappa shape index (κ3) is 7.34. The zero-order chi connectivity index (χ0) is 13.9. The Labute approximate surface area is 118 Å². The fourth-order valence-electron chi connectivity index (χ4n) is 2.54. The molecule has 0 aromatic heterocycles. The first kappa shape index (κ1) is 16.2. The summed E-state index contributed by atoms with van der Waals surface area (Å²) in [5.41, 5.74) is 1.27. The van der Waals surface area contributed by atoms with E-state index >= 15 is 0 Å². The number of hydrogen-bond donors (Lipinski definition) is 0. The van der Waals surface area contributed by atoms with Gasteiger partial charge in [0.05, 0.1) is 0 Å². The van der Waals surface area contributed by atoms with Gasteiger partial charge in [-0.15, -0.1) is 0 Å². The second-order valence-corrected chi connectivity index (χ2v) is 5.72. The van der Waals surface area contributed by atoms with Gasteiger partial charge in [0.15, 0.2) is 0 Å². The zero-order valence-corrected chi connectivity index (χ0v) is 12.6. The van der Waals surface area contributed by atoms with Crippen molar-refractivity contribution in [2.45, 2.75) is 77.6 Å². The Kier molecular flexibility index (Phi) is 8.53. The SMILES string of the molecule is CCCCCCCCCCC(C)c1ccc(F)cc1. The lowest BCUT2D eigenvalue weighted by atomic mass is 9.94. The summed E-state index contributed by atoms with van der Waals surface area (Å²) in [6.45, 7) is 4.51. The Hall–Kier alpha value is -0.850. The summed E-state index contributed by atoms with van der Waals surface area (Å²) < 4.78 is 12.8. The molecule has 1 aromatic rings. The molecular formula is C18H29F. The lowest BCUT2D eigenvalue weighted by molar-refractivity contribution is 0.543. The molecular weight excluding hydrogens is 235 g/mol. The van der Waals surface area contributed by atoms with Crippen molar-refractivity contribution in [1.82, 2.24) is 0 Å². The lowest BCUT2D eigenvalue weighted by Gasteiger charge is -2.11. The third-order valence-electron chi connectivity index (χ3n) is 3.93. The van der Waals surface area contributed by atoms with Crippen LogP contribution < -0.4 is 0 Å². The van der Waals surface area contributed by atoms with E-state index in [4.69, 9.17) is 0 Å². The van der Waals surface area contributed by atoms with Gasteiger partial charge in [-0.25, -0.2) is 4.39 Å². The van der Waals surface area contributed by atoms with Crippen molar-refractivity contribution >= 4 is 0 Å². The van der Waals surface area contributed by atoms with E-state index in [0.717, 1.165) is 0 Å². The number of benzene rings is 1. The van der Waals surface area contributed by atoms with Crippen molar-refractivity contribution in [3.63, 3.8) is 0 Å². The first-order valence-electron chi connectivity index (χ1n) is 7.99. The fraction of sp³-hybridized carbons (Fsp3) is 0.667. The summed E-state index contributed by atoms with van der Waals surface area (Å²) >= 11 is 0. The molecule has 1 atom stereocenters. The standard InChI is InChI=1S/C18H29F/c1-3-4-5-6-7-8-9-10-11-16(2)17-12-14-18(19)15-13-17/h12-16H,3-11H2,1-2H3. The molecule has 0 heterocycles. The Balaban J connectivity index is 2.04. The summed E-state index contributed by atoms with van der Waals surface area (Å²) in [5.74, 6) is 0.420. The molecule has 0 spiro atoms. The van der Waals surface area contributed by atoms with E-state index in [1.807, 2.05) is 12.1 Å². The average molecular weight is 264 g/mol. The molecule has 108 valence electrons. The van der Waals surface area contributed by atoms with Gasteiger partial charge < -0.3 is 0 Å². The summed E-state index contributed by atoms with van der Waals surface area (Å²) in [5, 5.41) is 0. The van der Waals surface area contributed by atoms with E-state index in [1.54, 1.807) is 12.1 Å². The van der Waals surface area contributed by atoms with E-state index in [0.29, 0.717) is 5.92 Å². The lowest BCUT2D eigenvalue weighted by Crippen LogP contribution is -1.94. The maximum absolute atomic E-state index is 12.8. The van der Waals surface area contributed by atoms with Crippen molar-refractivity contribution in [3.8, 4) is 0 Å². The van der Waals surface area contributed by atoms with Crippen molar-refractivity contribution in [1.29, 1.82) is 0 Å². The van der Waals surface area contributed by atoms with Crippen LogP contribution in [0.5, 0.6) is 0 Å². The maximum atomic E-state index is 12.8. The number of halogens is 1. The van der Waals surface area contributed by atoms with E-state index in [1.165, 1.54) is 63.4 Å². The minimum atomic E-state index is -0.136. The zero-order valence-electron chi connectivity index (χ0n) is 12.6. The third-order valence-corrected chi connectivity index (χ3v) is 3.93. The largest absolute Gasteiger partial charge is 0.207 e. The molecule has 0 bridgehead atoms. The maximum Gasteiger partial charge on any atom is 0.123 e. The highest BCUT2D eigenvalue weighted by molar-refractivity contribution is 5.19. The molecule has 0 fully saturated rings. The second kappa shape index (κ2) is 10.00. The molecule has 0 N–H and O–H groups in total. The highest BCUT2D eigenvalue weighted by Crippen LogP contribution is 2.22. The number of rotatable bonds is 10. The van der Waals surface area contributed by atoms with Crippen LogP contribution in [-0.4, -0.2) is 0 Å². The van der Waals surface area contributed by atoms with Gasteiger partial charge in [-0.1, -0.05) is 77.3 Å². The summed E-state index contributed by atoms with van der Waals surface area (Å²) in [6.07, 6.45) is 12.2. The Morgan fingerprint density at radius 3 is 1.95 bits per heavy atom. The molecule has 0 saturated heterocycles. The quantitative estimate of drug-likeness (QED) is 0.425. The normalized spacial score (nSPS) is 12.6. The first-order valence-corrected chi connectivity index (χ1v) is 7.99. The van der Waals surface area contributed by atoms with Crippen LogP contribution in [0.25, 0.3) is 0 Å². The van der Waals surface area contributed by atoms with Crippen LogP contribution in [-0.2, 0) is 0 Å². The molecule has 19 heavy (non-hydrogen) atoms. The molecule has 0 aliphatic heterocycles. The van der Waals surface area contributed by atoms with Crippen LogP contribution in [0.3, 0.4) is 0 Å². The Morgan fingerprint density at radius 1 is 0.842 bits per heavy atom. The van der Waals surface area contributed by atoms with E-state index in [9.17, 15) is 4.39 Å². The molecule has 0 aliphatic carbocycles. The van der Waals surface area contributed by atoms with Crippen LogP contribution in [0.1, 0.15) is 83.1 Å². The molecule has 1 aromatic carbocycles. The van der Waals surface area contributed by atoms with Gasteiger partial charge in [0.1, 0.15) is 5.82 Å². The van der Waals surface area contributed by atoms with Crippen molar-refractivity contribution in [3.05, 3.63) is 35.6 Å². The summed E-state index contributed by atoms with van der Waals surface area (Å²) in [7, 11) is 0. The van der Waals surface area contributed by atoms with Gasteiger partial charge in [-0.3, -0.25) is 0 Å². The van der Waals surface area contributed by atoms with Crippen LogP contribution in [0.4, 0.5) is 4.39 Å². The fourth-order valence-corrected chi connectivity index (χ4v) is 2.54. The number of unbranched alkanes of at least 4 members (excludes halogenated alkanes) is 7. The van der Waals surface area contributed by atoms with Crippen LogP contribution in [0, 0.1) is 5.82 Å². The Morgan fingerprint density at radius 2 is 1.37 bits per heavy atom. The van der Waals surface area contributed by atoms with Gasteiger partial charge in [0.2, 0.25) is 0 Å². The molecule has 0 radical (unpaired) electrons. The van der Waals surface area contributed by atoms with Crippen molar-refractivity contribution in [2.75, 3.05) is 0 Å². The highest BCUT2D eigenvalue weighted by Gasteiger charge is 2.05. The van der Waals surface area contributed by atoms with Crippen LogP contribution in [0.15, 0.2) is 24.3 Å². The predicted molar refractivity (Wildman–Crippen MR) is 82.0 cm³/mol. The second-order valence-electron chi connectivity index (χ2n) is 5.72. The highest BCUT2D eigenvalue weighted by atomic mass is 19.1. The van der Waals surface area contributed by atoms with E-state index in [2.05, 4.69) is 13.8 Å². The van der Waals surface area contributed by atoms with Gasteiger partial charge in [-0.05, 0) is 30.0 Å². The molecule has 0 amide bonds. The molecule has 0 saturated carbocycles. The molecule has 0 nitrogen and oxygen atoms in total. The minimum absolute atomic E-state index is 0.136. The Bertz CT molecular complexity index is 315. The first-order chi connectivity index (χ1) is 9.24. The topological polar surface area (TPSA) is 0 Å². The van der Waals surface area contributed by atoms with Gasteiger partial charge in [0.25, 0.3) is 0 Å². The molecule has 0 aliphatic rings. The molecule has 1 unspecified atom stereocenters. The molecule has 1 heteroatoms. The van der Waals surface area contributed by atoms with Gasteiger partial charge in [-0.2, -0.15) is 0 Å². The van der Waals surface area contributed by atoms with Crippen LogP contribution in [0.2, 0.25) is 0 Å². The van der Waals surface area contributed by atoms with Crippen LogP contribution >= 0.6 is 0 Å². The van der Waals surface area contributed by atoms with E-state index < -0.39 is 0 Å². The number of hydrogen-bond acceptors (Lipinski definition) is 0. The van der Waals surface area contributed by atoms with Crippen molar-refractivity contribution in [2.24, 2.45) is 0 Å². The summed E-state index contributed by atoms with van der Waals surface area (Å²) in [6, 6.07) is 6.98. The van der Waals surface area contributed by atoms with Gasteiger partial charge >= 0.3 is 0 Å². The van der Waals surface area contributed by atoms with Gasteiger partial charge in [0, 0.05) is 0 Å². The predicted octanol–water partition coefficient (Wildman–Crippen LogP) is 6.46. The smallest absolute Gasteiger partial charge is 0.123 e. The minimum Gasteiger partial charge on any atom is -0.207 e. The summed E-state index contributed by atoms with van der Waals surface area (Å²) in [4.78, 5) is 0. The van der Waals surface area contributed by atoms with E-state index in [-0.39, 0.29) is 5.82 Å². The molecule has 1 rings (SSSR count). The average Bonchev–Trinajstić information content (AvgIpc) is 2.42. The van der Waals surface area contributed by atoms with Crippen molar-refractivity contribution < 1.29 is 4.39 Å². The monoisotopic (exact) mass is 264 g/mol.